The average molecular weight is 252 g/mol. The Morgan fingerprint density at radius 2 is 1.89 bits per heavy atom. The SMILES string of the molecule is CNC1CCN(C2CCOC2C2CC2)C(C)C1C. The standard InChI is InChI=1S/C15H28N2O/c1-10-11(2)17(8-6-13(10)16-3)14-7-9-18-15(14)12-4-5-12/h10-16H,4-9H2,1-3H3. The van der Waals surface area contributed by atoms with Gasteiger partial charge in [0.25, 0.3) is 0 Å². The van der Waals surface area contributed by atoms with Crippen molar-refractivity contribution in [2.24, 2.45) is 11.8 Å². The quantitative estimate of drug-likeness (QED) is 0.830. The van der Waals surface area contributed by atoms with Crippen LogP contribution in [-0.4, -0.2) is 49.3 Å². The predicted octanol–water partition coefficient (Wildman–Crippen LogP) is 1.87. The van der Waals surface area contributed by atoms with E-state index in [9.17, 15) is 0 Å². The first-order chi connectivity index (χ1) is 8.72. The Kier molecular flexibility index (Phi) is 3.65. The third-order valence-corrected chi connectivity index (χ3v) is 5.60. The van der Waals surface area contributed by atoms with Crippen LogP contribution in [0.15, 0.2) is 0 Å². The minimum Gasteiger partial charge on any atom is -0.376 e. The molecule has 0 radical (unpaired) electrons. The number of piperidine rings is 1. The molecule has 18 heavy (non-hydrogen) atoms. The fourth-order valence-electron chi connectivity index (χ4n) is 4.10. The van der Waals surface area contributed by atoms with Crippen LogP contribution in [0.25, 0.3) is 0 Å². The molecule has 3 heteroatoms. The van der Waals surface area contributed by atoms with Crippen LogP contribution in [0.5, 0.6) is 0 Å². The summed E-state index contributed by atoms with van der Waals surface area (Å²) in [7, 11) is 2.11. The molecule has 0 aromatic carbocycles. The molecule has 0 aromatic heterocycles. The molecular weight excluding hydrogens is 224 g/mol. The second-order valence-electron chi connectivity index (χ2n) is 6.55. The van der Waals surface area contributed by atoms with Crippen molar-refractivity contribution < 1.29 is 4.74 Å². The second-order valence-corrected chi connectivity index (χ2v) is 6.55. The van der Waals surface area contributed by atoms with Crippen LogP contribution in [0.2, 0.25) is 0 Å². The highest BCUT2D eigenvalue weighted by atomic mass is 16.5. The second kappa shape index (κ2) is 5.10. The van der Waals surface area contributed by atoms with E-state index in [0.717, 1.165) is 18.4 Å². The number of hydrogen-bond donors (Lipinski definition) is 1. The highest BCUT2D eigenvalue weighted by Crippen LogP contribution is 2.42. The van der Waals surface area contributed by atoms with Crippen molar-refractivity contribution in [3.05, 3.63) is 0 Å². The predicted molar refractivity (Wildman–Crippen MR) is 73.7 cm³/mol. The van der Waals surface area contributed by atoms with Gasteiger partial charge in [-0.15, -0.1) is 0 Å². The molecule has 3 fully saturated rings. The zero-order valence-corrected chi connectivity index (χ0v) is 12.1. The van der Waals surface area contributed by atoms with Crippen molar-refractivity contribution in [2.75, 3.05) is 20.2 Å². The summed E-state index contributed by atoms with van der Waals surface area (Å²) in [5, 5.41) is 3.48. The molecule has 2 saturated heterocycles. The minimum absolute atomic E-state index is 0.547. The van der Waals surface area contributed by atoms with Gasteiger partial charge in [-0.25, -0.2) is 0 Å². The lowest BCUT2D eigenvalue weighted by Gasteiger charge is -2.46. The number of nitrogens with one attached hydrogen (secondary N) is 1. The number of likely N-dealkylation sites (tertiary alicyclic amines) is 1. The van der Waals surface area contributed by atoms with E-state index in [-0.39, 0.29) is 0 Å². The van der Waals surface area contributed by atoms with Crippen LogP contribution in [-0.2, 0) is 4.74 Å². The van der Waals surface area contributed by atoms with E-state index >= 15 is 0 Å². The molecule has 104 valence electrons. The Morgan fingerprint density at radius 3 is 2.56 bits per heavy atom. The average Bonchev–Trinajstić information content (AvgIpc) is 3.11. The van der Waals surface area contributed by atoms with Crippen molar-refractivity contribution in [1.82, 2.24) is 10.2 Å². The molecule has 3 nitrogen and oxygen atoms in total. The van der Waals surface area contributed by atoms with Crippen LogP contribution in [0, 0.1) is 11.8 Å². The molecule has 2 heterocycles. The van der Waals surface area contributed by atoms with Gasteiger partial charge in [0.05, 0.1) is 6.10 Å². The van der Waals surface area contributed by atoms with Crippen LogP contribution in [0.1, 0.15) is 39.5 Å². The summed E-state index contributed by atoms with van der Waals surface area (Å²) < 4.78 is 6.02. The van der Waals surface area contributed by atoms with Crippen molar-refractivity contribution >= 4 is 0 Å². The molecule has 1 aliphatic carbocycles. The van der Waals surface area contributed by atoms with E-state index in [4.69, 9.17) is 4.74 Å². The lowest BCUT2D eigenvalue weighted by molar-refractivity contribution is -0.00212. The Bertz CT molecular complexity index is 292. The van der Waals surface area contributed by atoms with Crippen molar-refractivity contribution in [2.45, 2.75) is 63.8 Å². The molecule has 1 N–H and O–H groups in total. The smallest absolute Gasteiger partial charge is 0.0759 e. The molecule has 3 aliphatic rings. The van der Waals surface area contributed by atoms with Gasteiger partial charge in [-0.3, -0.25) is 4.90 Å². The topological polar surface area (TPSA) is 24.5 Å². The molecule has 0 aromatic rings. The molecule has 1 saturated carbocycles. The molecule has 0 spiro atoms. The minimum atomic E-state index is 0.547. The largest absolute Gasteiger partial charge is 0.376 e. The van der Waals surface area contributed by atoms with Gasteiger partial charge in [0.2, 0.25) is 0 Å². The van der Waals surface area contributed by atoms with Crippen LogP contribution in [0.3, 0.4) is 0 Å². The lowest BCUT2D eigenvalue weighted by atomic mass is 9.85. The van der Waals surface area contributed by atoms with E-state index in [1.165, 1.54) is 32.2 Å². The summed E-state index contributed by atoms with van der Waals surface area (Å²) in [5.74, 6) is 1.62. The summed E-state index contributed by atoms with van der Waals surface area (Å²) in [5.41, 5.74) is 0. The first kappa shape index (κ1) is 12.9. The molecule has 3 rings (SSSR count). The first-order valence-electron chi connectivity index (χ1n) is 7.77. The fraction of sp³-hybridized carbons (Fsp3) is 1.00. The lowest BCUT2D eigenvalue weighted by Crippen LogP contribution is -2.57. The molecule has 2 aliphatic heterocycles. The molecule has 5 unspecified atom stereocenters. The van der Waals surface area contributed by atoms with Gasteiger partial charge >= 0.3 is 0 Å². The molecule has 0 amide bonds. The summed E-state index contributed by atoms with van der Waals surface area (Å²) in [6, 6.07) is 2.08. The summed E-state index contributed by atoms with van der Waals surface area (Å²) in [4.78, 5) is 2.76. The van der Waals surface area contributed by atoms with Crippen molar-refractivity contribution in [1.29, 1.82) is 0 Å². The van der Waals surface area contributed by atoms with Crippen LogP contribution in [0.4, 0.5) is 0 Å². The maximum atomic E-state index is 6.02. The highest BCUT2D eigenvalue weighted by molar-refractivity contribution is 4.99. The zero-order chi connectivity index (χ0) is 12.7. The van der Waals surface area contributed by atoms with E-state index < -0.39 is 0 Å². The summed E-state index contributed by atoms with van der Waals surface area (Å²) in [6.07, 6.45) is 5.89. The molecular formula is C15H28N2O. The molecule has 0 bridgehead atoms. The van der Waals surface area contributed by atoms with Crippen LogP contribution >= 0.6 is 0 Å². The van der Waals surface area contributed by atoms with Crippen molar-refractivity contribution in [3.8, 4) is 0 Å². The van der Waals surface area contributed by atoms with Gasteiger partial charge in [0, 0.05) is 31.3 Å². The van der Waals surface area contributed by atoms with Gasteiger partial charge in [-0.05, 0) is 51.5 Å². The van der Waals surface area contributed by atoms with Gasteiger partial charge in [0.1, 0.15) is 0 Å². The van der Waals surface area contributed by atoms with E-state index in [1.54, 1.807) is 0 Å². The van der Waals surface area contributed by atoms with E-state index in [1.807, 2.05) is 0 Å². The summed E-state index contributed by atoms with van der Waals surface area (Å²) in [6.45, 7) is 7.05. The van der Waals surface area contributed by atoms with Gasteiger partial charge in [-0.1, -0.05) is 6.92 Å². The maximum absolute atomic E-state index is 6.02. The number of nitrogens with zero attached hydrogens (tertiary/aromatic N) is 1. The summed E-state index contributed by atoms with van der Waals surface area (Å²) >= 11 is 0. The number of ether oxygens (including phenoxy) is 1. The van der Waals surface area contributed by atoms with Crippen LogP contribution < -0.4 is 5.32 Å². The Morgan fingerprint density at radius 1 is 1.11 bits per heavy atom. The normalized spacial score (nSPS) is 46.5. The zero-order valence-electron chi connectivity index (χ0n) is 12.1. The third kappa shape index (κ3) is 2.21. The fourth-order valence-corrected chi connectivity index (χ4v) is 4.10. The molecule has 5 atom stereocenters. The number of rotatable bonds is 3. The van der Waals surface area contributed by atoms with Gasteiger partial charge < -0.3 is 10.1 Å². The first-order valence-corrected chi connectivity index (χ1v) is 7.77. The van der Waals surface area contributed by atoms with Gasteiger partial charge in [0.15, 0.2) is 0 Å². The highest BCUT2D eigenvalue weighted by Gasteiger charge is 2.46. The van der Waals surface area contributed by atoms with E-state index in [2.05, 4.69) is 31.1 Å². The Balaban J connectivity index is 1.68. The monoisotopic (exact) mass is 252 g/mol. The number of hydrogen-bond acceptors (Lipinski definition) is 3. The van der Waals surface area contributed by atoms with Gasteiger partial charge in [-0.2, -0.15) is 0 Å². The van der Waals surface area contributed by atoms with Crippen molar-refractivity contribution in [3.63, 3.8) is 0 Å². The maximum Gasteiger partial charge on any atom is 0.0759 e. The Labute approximate surface area is 111 Å². The van der Waals surface area contributed by atoms with E-state index in [0.29, 0.717) is 24.2 Å². The third-order valence-electron chi connectivity index (χ3n) is 5.60. The Hall–Kier alpha value is -0.120.